The van der Waals surface area contributed by atoms with Gasteiger partial charge in [0, 0.05) is 0 Å². The van der Waals surface area contributed by atoms with Crippen LogP contribution in [0.5, 0.6) is 0 Å². The van der Waals surface area contributed by atoms with E-state index in [-0.39, 0.29) is 7.92 Å². The molecule has 1 aromatic rings. The van der Waals surface area contributed by atoms with Crippen LogP contribution in [0.25, 0.3) is 0 Å². The van der Waals surface area contributed by atoms with Crippen molar-refractivity contribution in [1.29, 1.82) is 0 Å². The minimum Gasteiger partial charge on any atom is -0.0785 e. The fourth-order valence-electron chi connectivity index (χ4n) is 1.41. The molecule has 0 nitrogen and oxygen atoms in total. The highest BCUT2D eigenvalue weighted by molar-refractivity contribution is 7.64. The zero-order chi connectivity index (χ0) is 9.52. The highest BCUT2D eigenvalue weighted by Gasteiger charge is 2.02. The van der Waals surface area contributed by atoms with Crippen LogP contribution in [0.3, 0.4) is 0 Å². The van der Waals surface area contributed by atoms with Gasteiger partial charge >= 0.3 is 0 Å². The van der Waals surface area contributed by atoms with Crippen LogP contribution in [0, 0.1) is 0 Å². The van der Waals surface area contributed by atoms with Crippen LogP contribution in [0.1, 0.15) is 26.2 Å². The molecule has 1 rings (SSSR count). The Labute approximate surface area is 83.1 Å². The second-order valence-corrected chi connectivity index (χ2v) is 5.82. The summed E-state index contributed by atoms with van der Waals surface area (Å²) in [5.74, 6) is 0. The topological polar surface area (TPSA) is 0 Å². The minimum absolute atomic E-state index is 0.113. The predicted octanol–water partition coefficient (Wildman–Crippen LogP) is 3.61. The van der Waals surface area contributed by atoms with Crippen molar-refractivity contribution < 1.29 is 0 Å². The predicted molar refractivity (Wildman–Crippen MR) is 63.3 cm³/mol. The molecule has 1 unspecified atom stereocenters. The van der Waals surface area contributed by atoms with E-state index < -0.39 is 0 Å². The van der Waals surface area contributed by atoms with Gasteiger partial charge in [-0.15, -0.1) is 0 Å². The first-order chi connectivity index (χ1) is 6.34. The fraction of sp³-hybridized carbons (Fsp3) is 0.500. The number of unbranched alkanes of at least 4 members (excludes halogenated alkanes) is 2. The van der Waals surface area contributed by atoms with Gasteiger partial charge in [0.25, 0.3) is 0 Å². The summed E-state index contributed by atoms with van der Waals surface area (Å²) in [5.41, 5.74) is 0. The van der Waals surface area contributed by atoms with Gasteiger partial charge in [-0.2, -0.15) is 0 Å². The maximum absolute atomic E-state index is 2.39. The van der Waals surface area contributed by atoms with Gasteiger partial charge in [0.05, 0.1) is 0 Å². The highest BCUT2D eigenvalue weighted by atomic mass is 31.1. The molecule has 0 aliphatic carbocycles. The Kier molecular flexibility index (Phi) is 5.08. The summed E-state index contributed by atoms with van der Waals surface area (Å²) in [6.07, 6.45) is 5.51. The van der Waals surface area contributed by atoms with Gasteiger partial charge in [0.2, 0.25) is 0 Å². The monoisotopic (exact) mass is 194 g/mol. The van der Waals surface area contributed by atoms with Gasteiger partial charge < -0.3 is 0 Å². The van der Waals surface area contributed by atoms with E-state index in [9.17, 15) is 0 Å². The first kappa shape index (κ1) is 10.7. The summed E-state index contributed by atoms with van der Waals surface area (Å²) in [4.78, 5) is 0. The van der Waals surface area contributed by atoms with Crippen molar-refractivity contribution in [3.8, 4) is 0 Å². The lowest BCUT2D eigenvalue weighted by molar-refractivity contribution is 0.777. The number of benzene rings is 1. The van der Waals surface area contributed by atoms with E-state index >= 15 is 0 Å². The Balaban J connectivity index is 2.35. The van der Waals surface area contributed by atoms with Gasteiger partial charge in [-0.25, -0.2) is 0 Å². The van der Waals surface area contributed by atoms with Crippen LogP contribution >= 0.6 is 7.92 Å². The largest absolute Gasteiger partial charge is 0.0785 e. The van der Waals surface area contributed by atoms with Crippen molar-refractivity contribution in [3.05, 3.63) is 30.3 Å². The second-order valence-electron chi connectivity index (χ2n) is 3.46. The Bertz CT molecular complexity index is 218. The first-order valence-electron chi connectivity index (χ1n) is 5.10. The van der Waals surface area contributed by atoms with Gasteiger partial charge in [-0.05, 0) is 24.6 Å². The van der Waals surface area contributed by atoms with Gasteiger partial charge in [0.1, 0.15) is 0 Å². The van der Waals surface area contributed by atoms with Crippen molar-refractivity contribution in [3.63, 3.8) is 0 Å². The molecule has 0 bridgehead atoms. The van der Waals surface area contributed by atoms with Crippen molar-refractivity contribution in [1.82, 2.24) is 0 Å². The lowest BCUT2D eigenvalue weighted by atomic mass is 10.3. The molecular weight excluding hydrogens is 175 g/mol. The summed E-state index contributed by atoms with van der Waals surface area (Å²) in [6.45, 7) is 4.65. The zero-order valence-electron chi connectivity index (χ0n) is 8.66. The van der Waals surface area contributed by atoms with Gasteiger partial charge in [-0.1, -0.05) is 58.0 Å². The molecule has 0 saturated carbocycles. The summed E-state index contributed by atoms with van der Waals surface area (Å²) in [6, 6.07) is 10.9. The maximum Gasteiger partial charge on any atom is -0.0243 e. The molecule has 0 aliphatic heterocycles. The molecule has 1 atom stereocenters. The van der Waals surface area contributed by atoms with E-state index in [2.05, 4.69) is 43.9 Å². The van der Waals surface area contributed by atoms with Crippen LogP contribution in [-0.2, 0) is 0 Å². The fourth-order valence-corrected chi connectivity index (χ4v) is 3.05. The molecule has 0 N–H and O–H groups in total. The molecule has 0 amide bonds. The van der Waals surface area contributed by atoms with Crippen molar-refractivity contribution >= 4 is 13.2 Å². The van der Waals surface area contributed by atoms with E-state index in [0.717, 1.165) is 0 Å². The summed E-state index contributed by atoms with van der Waals surface area (Å²) in [5, 5.41) is 1.55. The molecule has 0 heterocycles. The molecule has 0 spiro atoms. The average Bonchev–Trinajstić information content (AvgIpc) is 2.19. The van der Waals surface area contributed by atoms with Crippen LogP contribution < -0.4 is 5.30 Å². The van der Waals surface area contributed by atoms with Gasteiger partial charge in [0.15, 0.2) is 0 Å². The third-order valence-electron chi connectivity index (χ3n) is 2.29. The average molecular weight is 194 g/mol. The first-order valence-corrected chi connectivity index (χ1v) is 7.08. The molecule has 0 saturated heterocycles. The van der Waals surface area contributed by atoms with Crippen LogP contribution in [-0.4, -0.2) is 12.8 Å². The molecule has 0 fully saturated rings. The summed E-state index contributed by atoms with van der Waals surface area (Å²) in [7, 11) is 0.113. The Hall–Kier alpha value is -0.350. The lowest BCUT2D eigenvalue weighted by Crippen LogP contribution is -2.01. The van der Waals surface area contributed by atoms with Crippen molar-refractivity contribution in [2.75, 3.05) is 12.8 Å². The maximum atomic E-state index is 2.39. The number of hydrogen-bond donors (Lipinski definition) is 0. The Morgan fingerprint density at radius 1 is 1.08 bits per heavy atom. The van der Waals surface area contributed by atoms with Crippen LogP contribution in [0.2, 0.25) is 0 Å². The molecule has 1 heteroatoms. The number of hydrogen-bond acceptors (Lipinski definition) is 0. The third-order valence-corrected chi connectivity index (χ3v) is 4.46. The standard InChI is InChI=1S/C12H19P/c1-3-4-8-11-13(2)12-9-6-5-7-10-12/h5-7,9-10H,3-4,8,11H2,1-2H3. The van der Waals surface area contributed by atoms with E-state index in [1.807, 2.05) is 0 Å². The summed E-state index contributed by atoms with van der Waals surface area (Å²) < 4.78 is 0. The molecular formula is C12H19P. The van der Waals surface area contributed by atoms with E-state index in [4.69, 9.17) is 0 Å². The minimum atomic E-state index is 0.113. The van der Waals surface area contributed by atoms with Crippen molar-refractivity contribution in [2.45, 2.75) is 26.2 Å². The van der Waals surface area contributed by atoms with Crippen LogP contribution in [0.15, 0.2) is 30.3 Å². The van der Waals surface area contributed by atoms with Crippen LogP contribution in [0.4, 0.5) is 0 Å². The van der Waals surface area contributed by atoms with E-state index in [0.29, 0.717) is 0 Å². The smallest absolute Gasteiger partial charge is 0.0243 e. The Morgan fingerprint density at radius 2 is 1.77 bits per heavy atom. The molecule has 72 valence electrons. The molecule has 13 heavy (non-hydrogen) atoms. The quantitative estimate of drug-likeness (QED) is 0.496. The van der Waals surface area contributed by atoms with Gasteiger partial charge in [-0.3, -0.25) is 0 Å². The van der Waals surface area contributed by atoms with E-state index in [1.54, 1.807) is 5.30 Å². The molecule has 1 aromatic carbocycles. The lowest BCUT2D eigenvalue weighted by Gasteiger charge is -2.11. The third kappa shape index (κ3) is 3.91. The molecule has 0 radical (unpaired) electrons. The SMILES string of the molecule is CCCCCP(C)c1ccccc1. The molecule has 0 aromatic heterocycles. The Morgan fingerprint density at radius 3 is 2.38 bits per heavy atom. The zero-order valence-corrected chi connectivity index (χ0v) is 9.56. The second kappa shape index (κ2) is 6.16. The normalized spacial score (nSPS) is 12.8. The number of rotatable bonds is 5. The summed E-state index contributed by atoms with van der Waals surface area (Å²) >= 11 is 0. The van der Waals surface area contributed by atoms with Crippen molar-refractivity contribution in [2.24, 2.45) is 0 Å². The van der Waals surface area contributed by atoms with E-state index in [1.165, 1.54) is 25.4 Å². The highest BCUT2D eigenvalue weighted by Crippen LogP contribution is 2.30. The molecule has 0 aliphatic rings.